The number of carbonyl (C=O) groups is 1. The molecule has 4 aliphatic carbocycles. The van der Waals surface area contributed by atoms with Gasteiger partial charge in [-0.15, -0.1) is 0 Å². The van der Waals surface area contributed by atoms with Gasteiger partial charge in [0.05, 0.1) is 13.0 Å². The summed E-state index contributed by atoms with van der Waals surface area (Å²) in [5.74, 6) is 4.46. The molecule has 0 saturated heterocycles. The summed E-state index contributed by atoms with van der Waals surface area (Å²) in [5, 5.41) is 3.38. The Morgan fingerprint density at radius 2 is 1.65 bits per heavy atom. The van der Waals surface area contributed by atoms with Crippen LogP contribution >= 0.6 is 0 Å². The Labute approximate surface area is 138 Å². The first kappa shape index (κ1) is 15.0. The first-order chi connectivity index (χ1) is 11.2. The molecule has 3 heteroatoms. The molecule has 4 bridgehead atoms. The summed E-state index contributed by atoms with van der Waals surface area (Å²) < 4.78 is 5.45. The molecule has 3 nitrogen and oxygen atoms in total. The van der Waals surface area contributed by atoms with Gasteiger partial charge >= 0.3 is 0 Å². The van der Waals surface area contributed by atoms with Crippen molar-refractivity contribution in [1.82, 2.24) is 5.32 Å². The van der Waals surface area contributed by atoms with Crippen LogP contribution in [0.2, 0.25) is 0 Å². The minimum absolute atomic E-state index is 0.187. The largest absolute Gasteiger partial charge is 0.494 e. The Balaban J connectivity index is 1.35. The van der Waals surface area contributed by atoms with Gasteiger partial charge in [-0.3, -0.25) is 4.79 Å². The lowest BCUT2D eigenvalue weighted by atomic mass is 9.54. The summed E-state index contributed by atoms with van der Waals surface area (Å²) in [5.41, 5.74) is 1.06. The van der Waals surface area contributed by atoms with Crippen LogP contribution in [0.3, 0.4) is 0 Å². The highest BCUT2D eigenvalue weighted by Gasteiger charge is 2.48. The molecule has 1 aromatic rings. The molecule has 0 atom stereocenters. The van der Waals surface area contributed by atoms with Crippen molar-refractivity contribution >= 4 is 5.91 Å². The Morgan fingerprint density at radius 3 is 2.22 bits per heavy atom. The molecule has 4 aliphatic rings. The van der Waals surface area contributed by atoms with Crippen molar-refractivity contribution in [3.05, 3.63) is 29.8 Å². The molecule has 4 fully saturated rings. The maximum Gasteiger partial charge on any atom is 0.224 e. The van der Waals surface area contributed by atoms with E-state index in [0.717, 1.165) is 35.0 Å². The van der Waals surface area contributed by atoms with Crippen molar-refractivity contribution in [2.75, 3.05) is 6.61 Å². The summed E-state index contributed by atoms with van der Waals surface area (Å²) in [6, 6.07) is 8.35. The third-order valence-electron chi connectivity index (χ3n) is 6.15. The molecule has 0 radical (unpaired) electrons. The summed E-state index contributed by atoms with van der Waals surface area (Å²) in [6.07, 6.45) is 7.33. The minimum Gasteiger partial charge on any atom is -0.494 e. The fourth-order valence-corrected chi connectivity index (χ4v) is 5.45. The molecule has 0 unspecified atom stereocenters. The molecule has 0 aromatic heterocycles. The van der Waals surface area contributed by atoms with Crippen LogP contribution in [0.15, 0.2) is 24.3 Å². The van der Waals surface area contributed by atoms with E-state index < -0.39 is 0 Å². The zero-order valence-electron chi connectivity index (χ0n) is 14.0. The SMILES string of the molecule is CCOc1ccc(CC(=O)NC2C3CC4CC(C3)CC2C4)cc1. The van der Waals surface area contributed by atoms with Crippen molar-refractivity contribution in [2.24, 2.45) is 23.7 Å². The van der Waals surface area contributed by atoms with E-state index in [2.05, 4.69) is 5.32 Å². The quantitative estimate of drug-likeness (QED) is 0.902. The number of ether oxygens (including phenoxy) is 1. The van der Waals surface area contributed by atoms with E-state index in [4.69, 9.17) is 4.74 Å². The van der Waals surface area contributed by atoms with Gasteiger partial charge in [0.25, 0.3) is 0 Å². The van der Waals surface area contributed by atoms with Crippen LogP contribution in [0.1, 0.15) is 44.6 Å². The maximum absolute atomic E-state index is 12.5. The second-order valence-electron chi connectivity index (χ2n) is 7.78. The van der Waals surface area contributed by atoms with Crippen LogP contribution < -0.4 is 10.1 Å². The molecule has 1 amide bonds. The number of amides is 1. The molecular weight excluding hydrogens is 286 g/mol. The number of hydrogen-bond acceptors (Lipinski definition) is 2. The lowest BCUT2D eigenvalue weighted by Crippen LogP contribution is -2.56. The molecule has 1 N–H and O–H groups in total. The molecule has 0 spiro atoms. The van der Waals surface area contributed by atoms with Crippen molar-refractivity contribution < 1.29 is 9.53 Å². The Morgan fingerprint density at radius 1 is 1.04 bits per heavy atom. The molecule has 124 valence electrons. The van der Waals surface area contributed by atoms with Crippen molar-refractivity contribution in [3.63, 3.8) is 0 Å². The zero-order valence-corrected chi connectivity index (χ0v) is 14.0. The van der Waals surface area contributed by atoms with Crippen LogP contribution in [-0.2, 0) is 11.2 Å². The van der Waals surface area contributed by atoms with Gasteiger partial charge in [-0.05, 0) is 80.4 Å². The van der Waals surface area contributed by atoms with Crippen LogP contribution in [0, 0.1) is 23.7 Å². The molecule has 0 aliphatic heterocycles. The average Bonchev–Trinajstić information content (AvgIpc) is 2.52. The van der Waals surface area contributed by atoms with Crippen LogP contribution in [-0.4, -0.2) is 18.6 Å². The predicted octanol–water partition coefficient (Wildman–Crippen LogP) is 3.57. The standard InChI is InChI=1S/C20H27NO2/c1-2-23-18-5-3-13(4-6-18)12-19(22)21-20-16-8-14-7-15(10-16)11-17(20)9-14/h3-6,14-17,20H,2,7-12H2,1H3,(H,21,22). The van der Waals surface area contributed by atoms with E-state index in [-0.39, 0.29) is 5.91 Å². The van der Waals surface area contributed by atoms with Gasteiger partial charge in [0.2, 0.25) is 5.91 Å². The van der Waals surface area contributed by atoms with Gasteiger partial charge in [-0.25, -0.2) is 0 Å². The highest BCUT2D eigenvalue weighted by molar-refractivity contribution is 5.79. The van der Waals surface area contributed by atoms with Gasteiger partial charge in [-0.1, -0.05) is 12.1 Å². The van der Waals surface area contributed by atoms with E-state index >= 15 is 0 Å². The van der Waals surface area contributed by atoms with Crippen molar-refractivity contribution in [1.29, 1.82) is 0 Å². The normalized spacial score (nSPS) is 34.4. The third kappa shape index (κ3) is 3.11. The molecule has 23 heavy (non-hydrogen) atoms. The van der Waals surface area contributed by atoms with E-state index in [1.807, 2.05) is 31.2 Å². The van der Waals surface area contributed by atoms with Gasteiger partial charge in [0, 0.05) is 6.04 Å². The minimum atomic E-state index is 0.187. The van der Waals surface area contributed by atoms with E-state index in [1.54, 1.807) is 0 Å². The van der Waals surface area contributed by atoms with Crippen LogP contribution in [0.5, 0.6) is 5.75 Å². The number of carbonyl (C=O) groups excluding carboxylic acids is 1. The number of hydrogen-bond donors (Lipinski definition) is 1. The van der Waals surface area contributed by atoms with E-state index in [0.29, 0.717) is 19.1 Å². The molecule has 0 heterocycles. The van der Waals surface area contributed by atoms with Gasteiger partial charge in [-0.2, -0.15) is 0 Å². The lowest BCUT2D eigenvalue weighted by Gasteiger charge is -2.54. The average molecular weight is 313 g/mol. The first-order valence-electron chi connectivity index (χ1n) is 9.22. The van der Waals surface area contributed by atoms with Crippen molar-refractivity contribution in [3.8, 4) is 5.75 Å². The second kappa shape index (κ2) is 6.18. The monoisotopic (exact) mass is 313 g/mol. The summed E-state index contributed by atoms with van der Waals surface area (Å²) in [7, 11) is 0. The van der Waals surface area contributed by atoms with Crippen LogP contribution in [0.25, 0.3) is 0 Å². The molecular formula is C20H27NO2. The number of benzene rings is 1. The maximum atomic E-state index is 12.5. The predicted molar refractivity (Wildman–Crippen MR) is 90.3 cm³/mol. The summed E-state index contributed by atoms with van der Waals surface area (Å²) >= 11 is 0. The fourth-order valence-electron chi connectivity index (χ4n) is 5.45. The van der Waals surface area contributed by atoms with E-state index in [1.165, 1.54) is 32.1 Å². The topological polar surface area (TPSA) is 38.3 Å². The van der Waals surface area contributed by atoms with E-state index in [9.17, 15) is 4.79 Å². The van der Waals surface area contributed by atoms with Gasteiger partial charge in [0.15, 0.2) is 0 Å². The molecule has 5 rings (SSSR count). The zero-order chi connectivity index (χ0) is 15.8. The summed E-state index contributed by atoms with van der Waals surface area (Å²) in [6.45, 7) is 2.65. The van der Waals surface area contributed by atoms with Crippen molar-refractivity contribution in [2.45, 2.75) is 51.5 Å². The number of nitrogens with one attached hydrogen (secondary N) is 1. The molecule has 4 saturated carbocycles. The molecule has 1 aromatic carbocycles. The lowest BCUT2D eigenvalue weighted by molar-refractivity contribution is -0.124. The Kier molecular flexibility index (Phi) is 4.04. The highest BCUT2D eigenvalue weighted by atomic mass is 16.5. The third-order valence-corrected chi connectivity index (χ3v) is 6.15. The first-order valence-corrected chi connectivity index (χ1v) is 9.22. The van der Waals surface area contributed by atoms with Gasteiger partial charge in [0.1, 0.15) is 5.75 Å². The Hall–Kier alpha value is -1.51. The smallest absolute Gasteiger partial charge is 0.224 e. The van der Waals surface area contributed by atoms with Crippen LogP contribution in [0.4, 0.5) is 0 Å². The van der Waals surface area contributed by atoms with Gasteiger partial charge < -0.3 is 10.1 Å². The number of rotatable bonds is 5. The summed E-state index contributed by atoms with van der Waals surface area (Å²) in [4.78, 5) is 12.5. The highest BCUT2D eigenvalue weighted by Crippen LogP contribution is 2.53. The second-order valence-corrected chi connectivity index (χ2v) is 7.78. The fraction of sp³-hybridized carbons (Fsp3) is 0.650. The Bertz CT molecular complexity index is 538.